The van der Waals surface area contributed by atoms with Crippen molar-refractivity contribution < 1.29 is 0 Å². The Morgan fingerprint density at radius 1 is 1.04 bits per heavy atom. The number of hydrogen-bond acceptors (Lipinski definition) is 7. The molecule has 0 saturated heterocycles. The topological polar surface area (TPSA) is 66.0 Å². The summed E-state index contributed by atoms with van der Waals surface area (Å²) in [6.07, 6.45) is 6.64. The number of rotatable bonds is 9. The zero-order valence-electron chi connectivity index (χ0n) is 16.5. The molecule has 0 fully saturated rings. The molecule has 2 aromatic heterocycles. The van der Waals surface area contributed by atoms with Crippen molar-refractivity contribution in [2.24, 2.45) is 0 Å². The molecule has 1 aromatic carbocycles. The molecule has 0 spiro atoms. The van der Waals surface area contributed by atoms with Crippen LogP contribution < -0.4 is 10.6 Å². The number of benzene rings is 1. The predicted molar refractivity (Wildman–Crippen MR) is 118 cm³/mol. The van der Waals surface area contributed by atoms with Crippen molar-refractivity contribution in [1.82, 2.24) is 19.9 Å². The molecule has 0 atom stereocenters. The van der Waals surface area contributed by atoms with E-state index in [1.54, 1.807) is 24.2 Å². The van der Waals surface area contributed by atoms with E-state index in [4.69, 9.17) is 0 Å². The summed E-state index contributed by atoms with van der Waals surface area (Å²) in [4.78, 5) is 16.8. The zero-order chi connectivity index (χ0) is 19.8. The molecule has 2 N–H and O–H groups in total. The van der Waals surface area contributed by atoms with Crippen molar-refractivity contribution in [3.05, 3.63) is 54.9 Å². The van der Waals surface area contributed by atoms with Gasteiger partial charge in [-0.3, -0.25) is 4.98 Å². The van der Waals surface area contributed by atoms with Gasteiger partial charge in [0.15, 0.2) is 0 Å². The Bertz CT molecular complexity index is 885. The summed E-state index contributed by atoms with van der Waals surface area (Å²) in [5, 5.41) is 6.76. The SMILES string of the molecule is CSc1cccc(Nc2cc(-c3ccncc3)nc(NCCCN(C)C)n2)c1. The lowest BCUT2D eigenvalue weighted by atomic mass is 10.2. The Kier molecular flexibility index (Phi) is 7.22. The maximum Gasteiger partial charge on any atom is 0.225 e. The highest BCUT2D eigenvalue weighted by Gasteiger charge is 2.08. The van der Waals surface area contributed by atoms with E-state index in [0.717, 1.165) is 42.3 Å². The van der Waals surface area contributed by atoms with Crippen molar-refractivity contribution in [1.29, 1.82) is 0 Å². The standard InChI is InChI=1S/C21H26N6S/c1-27(2)13-5-10-23-21-25-19(16-8-11-22-12-9-16)15-20(26-21)24-17-6-4-7-18(14-17)28-3/h4,6-9,11-12,14-15H,5,10,13H2,1-3H3,(H2,23,24,25,26). The van der Waals surface area contributed by atoms with E-state index in [0.29, 0.717) is 5.95 Å². The van der Waals surface area contributed by atoms with Crippen molar-refractivity contribution in [2.45, 2.75) is 11.3 Å². The molecule has 3 rings (SSSR count). The number of nitrogens with one attached hydrogen (secondary N) is 2. The average Bonchev–Trinajstić information content (AvgIpc) is 2.72. The fourth-order valence-corrected chi connectivity index (χ4v) is 3.16. The third-order valence-corrected chi connectivity index (χ3v) is 4.83. The molecule has 3 aromatic rings. The summed E-state index contributed by atoms with van der Waals surface area (Å²) in [5.74, 6) is 1.38. The van der Waals surface area contributed by atoms with Crippen LogP contribution in [0.1, 0.15) is 6.42 Å². The fourth-order valence-electron chi connectivity index (χ4n) is 2.71. The van der Waals surface area contributed by atoms with Gasteiger partial charge in [0.25, 0.3) is 0 Å². The zero-order valence-corrected chi connectivity index (χ0v) is 17.3. The fraction of sp³-hybridized carbons (Fsp3) is 0.286. The Morgan fingerprint density at radius 3 is 2.61 bits per heavy atom. The molecule has 2 heterocycles. The normalized spacial score (nSPS) is 10.9. The molecule has 146 valence electrons. The van der Waals surface area contributed by atoms with E-state index in [1.807, 2.05) is 30.3 Å². The van der Waals surface area contributed by atoms with E-state index >= 15 is 0 Å². The first-order valence-electron chi connectivity index (χ1n) is 9.23. The van der Waals surface area contributed by atoms with Crippen LogP contribution in [-0.4, -0.2) is 53.3 Å². The number of anilines is 3. The van der Waals surface area contributed by atoms with E-state index < -0.39 is 0 Å². The summed E-state index contributed by atoms with van der Waals surface area (Å²) in [5.41, 5.74) is 2.87. The predicted octanol–water partition coefficient (Wildman–Crippen LogP) is 4.37. The highest BCUT2D eigenvalue weighted by molar-refractivity contribution is 7.98. The lowest BCUT2D eigenvalue weighted by Gasteiger charge is -2.13. The third kappa shape index (κ3) is 5.94. The molecular weight excluding hydrogens is 368 g/mol. The number of nitrogens with zero attached hydrogens (tertiary/aromatic N) is 4. The van der Waals surface area contributed by atoms with E-state index in [-0.39, 0.29) is 0 Å². The third-order valence-electron chi connectivity index (χ3n) is 4.11. The summed E-state index contributed by atoms with van der Waals surface area (Å²) in [6, 6.07) is 14.2. The van der Waals surface area contributed by atoms with Crippen molar-refractivity contribution >= 4 is 29.2 Å². The van der Waals surface area contributed by atoms with Crippen molar-refractivity contribution in [3.63, 3.8) is 0 Å². The van der Waals surface area contributed by atoms with Crippen LogP contribution in [-0.2, 0) is 0 Å². The highest BCUT2D eigenvalue weighted by atomic mass is 32.2. The Labute approximate surface area is 170 Å². The van der Waals surface area contributed by atoms with Crippen LogP contribution in [0.15, 0.2) is 59.8 Å². The number of thioether (sulfide) groups is 1. The van der Waals surface area contributed by atoms with Gasteiger partial charge in [-0.25, -0.2) is 4.98 Å². The number of aromatic nitrogens is 3. The van der Waals surface area contributed by atoms with Crippen molar-refractivity contribution in [3.8, 4) is 11.3 Å². The van der Waals surface area contributed by atoms with Crippen LogP contribution in [0.3, 0.4) is 0 Å². The summed E-state index contributed by atoms with van der Waals surface area (Å²) < 4.78 is 0. The minimum Gasteiger partial charge on any atom is -0.354 e. The minimum atomic E-state index is 0.622. The summed E-state index contributed by atoms with van der Waals surface area (Å²) in [7, 11) is 4.15. The van der Waals surface area contributed by atoms with Crippen LogP contribution >= 0.6 is 11.8 Å². The smallest absolute Gasteiger partial charge is 0.225 e. The Hall–Kier alpha value is -2.64. The van der Waals surface area contributed by atoms with Crippen LogP contribution in [0.5, 0.6) is 0 Å². The van der Waals surface area contributed by atoms with Gasteiger partial charge in [0.05, 0.1) is 5.69 Å². The number of pyridine rings is 1. The van der Waals surface area contributed by atoms with Gasteiger partial charge in [0, 0.05) is 41.2 Å². The van der Waals surface area contributed by atoms with Gasteiger partial charge in [-0.1, -0.05) is 6.07 Å². The molecule has 28 heavy (non-hydrogen) atoms. The van der Waals surface area contributed by atoms with E-state index in [2.05, 4.69) is 63.0 Å². The molecule has 0 aliphatic carbocycles. The summed E-state index contributed by atoms with van der Waals surface area (Å²) >= 11 is 1.72. The monoisotopic (exact) mass is 394 g/mol. The molecule has 0 aliphatic heterocycles. The van der Waals surface area contributed by atoms with E-state index in [1.165, 1.54) is 4.90 Å². The molecule has 0 aliphatic rings. The second-order valence-electron chi connectivity index (χ2n) is 6.64. The maximum absolute atomic E-state index is 4.69. The van der Waals surface area contributed by atoms with Gasteiger partial charge in [0.2, 0.25) is 5.95 Å². The lowest BCUT2D eigenvalue weighted by Crippen LogP contribution is -2.17. The van der Waals surface area contributed by atoms with Crippen LogP contribution in [0.25, 0.3) is 11.3 Å². The van der Waals surface area contributed by atoms with Gasteiger partial charge in [-0.15, -0.1) is 11.8 Å². The Morgan fingerprint density at radius 2 is 1.86 bits per heavy atom. The average molecular weight is 395 g/mol. The molecular formula is C21H26N6S. The largest absolute Gasteiger partial charge is 0.354 e. The molecule has 6 nitrogen and oxygen atoms in total. The van der Waals surface area contributed by atoms with Gasteiger partial charge in [-0.2, -0.15) is 4.98 Å². The van der Waals surface area contributed by atoms with Crippen LogP contribution in [0, 0.1) is 0 Å². The second kappa shape index (κ2) is 10.1. The van der Waals surface area contributed by atoms with E-state index in [9.17, 15) is 0 Å². The molecule has 0 bridgehead atoms. The van der Waals surface area contributed by atoms with Crippen LogP contribution in [0.2, 0.25) is 0 Å². The van der Waals surface area contributed by atoms with Gasteiger partial charge in [0.1, 0.15) is 5.82 Å². The summed E-state index contributed by atoms with van der Waals surface area (Å²) in [6.45, 7) is 1.84. The van der Waals surface area contributed by atoms with Gasteiger partial charge < -0.3 is 15.5 Å². The minimum absolute atomic E-state index is 0.622. The quantitative estimate of drug-likeness (QED) is 0.413. The Balaban J connectivity index is 1.84. The maximum atomic E-state index is 4.69. The van der Waals surface area contributed by atoms with Crippen molar-refractivity contribution in [2.75, 3.05) is 44.1 Å². The lowest BCUT2D eigenvalue weighted by molar-refractivity contribution is 0.405. The molecule has 0 unspecified atom stereocenters. The molecule has 0 radical (unpaired) electrons. The highest BCUT2D eigenvalue weighted by Crippen LogP contribution is 2.25. The number of hydrogen-bond donors (Lipinski definition) is 2. The second-order valence-corrected chi connectivity index (χ2v) is 7.52. The first kappa shape index (κ1) is 20.1. The van der Waals surface area contributed by atoms with Gasteiger partial charge >= 0.3 is 0 Å². The van der Waals surface area contributed by atoms with Gasteiger partial charge in [-0.05, 0) is 63.6 Å². The molecule has 7 heteroatoms. The first-order valence-corrected chi connectivity index (χ1v) is 10.5. The first-order chi connectivity index (χ1) is 13.6. The molecule has 0 amide bonds. The van der Waals surface area contributed by atoms with Crippen LogP contribution in [0.4, 0.5) is 17.5 Å². The molecule has 0 saturated carbocycles.